The number of benzene rings is 2. The second-order valence-electron chi connectivity index (χ2n) is 5.40. The van der Waals surface area contributed by atoms with Crippen LogP contribution in [0.5, 0.6) is 11.5 Å². The number of halogens is 2. The lowest BCUT2D eigenvalue weighted by atomic mass is 10.1. The van der Waals surface area contributed by atoms with E-state index < -0.39 is 44.5 Å². The van der Waals surface area contributed by atoms with E-state index in [1.54, 1.807) is 0 Å². The van der Waals surface area contributed by atoms with Gasteiger partial charge in [0, 0.05) is 18.2 Å². The normalized spacial score (nSPS) is 10.1. The lowest BCUT2D eigenvalue weighted by molar-refractivity contribution is -0.385. The lowest BCUT2D eigenvalue weighted by Crippen LogP contribution is -2.35. The highest BCUT2D eigenvalue weighted by Gasteiger charge is 2.28. The summed E-state index contributed by atoms with van der Waals surface area (Å²) in [5.41, 5.74) is -1.51. The number of anilines is 1. The highest BCUT2D eigenvalue weighted by atomic mass is 35.5. The average Bonchev–Trinajstić information content (AvgIpc) is 2.68. The van der Waals surface area contributed by atoms with Crippen molar-refractivity contribution in [1.82, 2.24) is 5.32 Å². The number of non-ortho nitro benzene ring substituents is 1. The van der Waals surface area contributed by atoms with Gasteiger partial charge in [-0.25, -0.2) is 4.79 Å². The molecule has 0 aliphatic rings. The summed E-state index contributed by atoms with van der Waals surface area (Å²) in [7, 11) is 2.32. The molecule has 2 aromatic carbocycles. The van der Waals surface area contributed by atoms with Crippen molar-refractivity contribution in [3.05, 3.63) is 60.1 Å². The van der Waals surface area contributed by atoms with Gasteiger partial charge in [0.1, 0.15) is 11.3 Å². The van der Waals surface area contributed by atoms with Crippen LogP contribution in [0.2, 0.25) is 10.0 Å². The lowest BCUT2D eigenvalue weighted by Gasteiger charge is -2.14. The Bertz CT molecular complexity index is 1040. The van der Waals surface area contributed by atoms with Crippen molar-refractivity contribution in [3.8, 4) is 11.5 Å². The fourth-order valence-electron chi connectivity index (χ4n) is 2.38. The first-order valence-corrected chi connectivity index (χ1v) is 8.51. The molecule has 2 aromatic rings. The number of imide groups is 1. The van der Waals surface area contributed by atoms with Crippen LogP contribution in [0.3, 0.4) is 0 Å². The molecule has 0 radical (unpaired) electrons. The molecule has 0 heterocycles. The zero-order valence-electron chi connectivity index (χ0n) is 15.2. The number of ether oxygens (including phenoxy) is 2. The van der Waals surface area contributed by atoms with Gasteiger partial charge in [-0.05, 0) is 6.07 Å². The number of rotatable bonds is 6. The Morgan fingerprint density at radius 3 is 2.07 bits per heavy atom. The van der Waals surface area contributed by atoms with E-state index in [4.69, 9.17) is 32.7 Å². The van der Waals surface area contributed by atoms with Gasteiger partial charge in [0.2, 0.25) is 5.75 Å². The first kappa shape index (κ1) is 22.6. The quantitative estimate of drug-likeness (QED) is 0.487. The Balaban J connectivity index is 2.33. The molecule has 0 bridgehead atoms. The Labute approximate surface area is 178 Å². The van der Waals surface area contributed by atoms with Gasteiger partial charge in [0.25, 0.3) is 11.6 Å². The summed E-state index contributed by atoms with van der Waals surface area (Å²) in [4.78, 5) is 45.3. The number of carbonyl (C=O) groups excluding carboxylic acids is 2. The Hall–Kier alpha value is -3.64. The van der Waals surface area contributed by atoms with E-state index in [0.29, 0.717) is 0 Å². The summed E-state index contributed by atoms with van der Waals surface area (Å²) >= 11 is 11.8. The van der Waals surface area contributed by atoms with Crippen molar-refractivity contribution < 1.29 is 28.9 Å². The van der Waals surface area contributed by atoms with Crippen LogP contribution in [0.15, 0.2) is 24.3 Å². The van der Waals surface area contributed by atoms with Crippen LogP contribution < -0.4 is 20.1 Å². The van der Waals surface area contributed by atoms with E-state index in [1.807, 2.05) is 5.32 Å². The predicted octanol–water partition coefficient (Wildman–Crippen LogP) is 3.79. The van der Waals surface area contributed by atoms with Crippen molar-refractivity contribution >= 4 is 52.2 Å². The van der Waals surface area contributed by atoms with Crippen molar-refractivity contribution in [3.63, 3.8) is 0 Å². The third-order valence-corrected chi connectivity index (χ3v) is 4.25. The molecular weight excluding hydrogens is 447 g/mol. The second kappa shape index (κ2) is 9.24. The molecule has 0 aliphatic heterocycles. The van der Waals surface area contributed by atoms with E-state index in [1.165, 1.54) is 7.11 Å². The first-order valence-electron chi connectivity index (χ1n) is 7.75. The van der Waals surface area contributed by atoms with Gasteiger partial charge in [0.05, 0.1) is 39.8 Å². The third-order valence-electron chi connectivity index (χ3n) is 3.65. The maximum absolute atomic E-state index is 12.6. The molecule has 0 fully saturated rings. The smallest absolute Gasteiger partial charge is 0.326 e. The van der Waals surface area contributed by atoms with Crippen LogP contribution in [0.1, 0.15) is 10.4 Å². The molecule has 14 heteroatoms. The molecule has 158 valence electrons. The minimum atomic E-state index is -1.12. The zero-order valence-corrected chi connectivity index (χ0v) is 16.7. The number of nitro groups is 2. The topological polar surface area (TPSA) is 163 Å². The molecule has 0 aliphatic carbocycles. The van der Waals surface area contributed by atoms with Crippen molar-refractivity contribution in [2.45, 2.75) is 0 Å². The Kier molecular flexibility index (Phi) is 6.97. The fourth-order valence-corrected chi connectivity index (χ4v) is 2.95. The number of methoxy groups -OCH3 is 2. The van der Waals surface area contributed by atoms with E-state index >= 15 is 0 Å². The molecule has 12 nitrogen and oxygen atoms in total. The molecular formula is C16H12Cl2N4O8. The van der Waals surface area contributed by atoms with Crippen LogP contribution in [-0.2, 0) is 0 Å². The van der Waals surface area contributed by atoms with E-state index in [-0.39, 0.29) is 21.5 Å². The SMILES string of the molecule is COc1ccc([N+](=O)[O-])c(OC)c1C(=O)NC(=O)Nc1c(Cl)cc([N+](=O)[O-])cc1Cl. The molecule has 2 N–H and O–H groups in total. The molecule has 0 atom stereocenters. The van der Waals surface area contributed by atoms with E-state index in [2.05, 4.69) is 5.32 Å². The first-order chi connectivity index (χ1) is 14.1. The fraction of sp³-hybridized carbons (Fsp3) is 0.125. The maximum Gasteiger partial charge on any atom is 0.326 e. The van der Waals surface area contributed by atoms with Crippen molar-refractivity contribution in [2.75, 3.05) is 19.5 Å². The second-order valence-corrected chi connectivity index (χ2v) is 6.22. The summed E-state index contributed by atoms with van der Waals surface area (Å²) < 4.78 is 9.97. The highest BCUT2D eigenvalue weighted by molar-refractivity contribution is 6.40. The summed E-state index contributed by atoms with van der Waals surface area (Å²) in [6, 6.07) is 3.03. The van der Waals surface area contributed by atoms with Crippen LogP contribution >= 0.6 is 23.2 Å². The van der Waals surface area contributed by atoms with Crippen molar-refractivity contribution in [2.24, 2.45) is 0 Å². The number of nitrogens with zero attached hydrogens (tertiary/aromatic N) is 2. The van der Waals surface area contributed by atoms with Gasteiger partial charge in [-0.2, -0.15) is 0 Å². The molecule has 0 aromatic heterocycles. The molecule has 0 unspecified atom stereocenters. The number of nitrogens with one attached hydrogen (secondary N) is 2. The number of urea groups is 1. The summed E-state index contributed by atoms with van der Waals surface area (Å²) in [5.74, 6) is -1.59. The molecule has 0 saturated carbocycles. The molecule has 30 heavy (non-hydrogen) atoms. The average molecular weight is 459 g/mol. The van der Waals surface area contributed by atoms with E-state index in [0.717, 1.165) is 31.4 Å². The Morgan fingerprint density at radius 1 is 1.00 bits per heavy atom. The van der Waals surface area contributed by atoms with Gasteiger partial charge in [0.15, 0.2) is 0 Å². The van der Waals surface area contributed by atoms with Gasteiger partial charge in [-0.3, -0.25) is 30.3 Å². The minimum absolute atomic E-state index is 0.0887. The minimum Gasteiger partial charge on any atom is -0.496 e. The Morgan fingerprint density at radius 2 is 1.60 bits per heavy atom. The van der Waals surface area contributed by atoms with E-state index in [9.17, 15) is 29.8 Å². The summed E-state index contributed by atoms with van der Waals surface area (Å²) in [6.07, 6.45) is 0. The van der Waals surface area contributed by atoms with Crippen LogP contribution in [0, 0.1) is 20.2 Å². The number of carbonyl (C=O) groups is 2. The predicted molar refractivity (Wildman–Crippen MR) is 106 cm³/mol. The number of hydrogen-bond donors (Lipinski definition) is 2. The highest BCUT2D eigenvalue weighted by Crippen LogP contribution is 2.37. The summed E-state index contributed by atoms with van der Waals surface area (Å²) in [5, 5.41) is 25.6. The molecule has 0 saturated heterocycles. The molecule has 3 amide bonds. The third kappa shape index (κ3) is 4.67. The zero-order chi connectivity index (χ0) is 22.6. The van der Waals surface area contributed by atoms with Gasteiger partial charge < -0.3 is 14.8 Å². The van der Waals surface area contributed by atoms with Gasteiger partial charge in [-0.15, -0.1) is 0 Å². The van der Waals surface area contributed by atoms with Crippen LogP contribution in [0.4, 0.5) is 21.9 Å². The van der Waals surface area contributed by atoms with Gasteiger partial charge >= 0.3 is 11.7 Å². The van der Waals surface area contributed by atoms with Crippen LogP contribution in [0.25, 0.3) is 0 Å². The molecule has 2 rings (SSSR count). The van der Waals surface area contributed by atoms with Gasteiger partial charge in [-0.1, -0.05) is 23.2 Å². The number of nitro benzene ring substituents is 2. The molecule has 0 spiro atoms. The number of hydrogen-bond acceptors (Lipinski definition) is 8. The number of amides is 3. The summed E-state index contributed by atoms with van der Waals surface area (Å²) in [6.45, 7) is 0. The van der Waals surface area contributed by atoms with Crippen LogP contribution in [-0.4, -0.2) is 36.0 Å². The standard InChI is InChI=1S/C16H12Cl2N4O8/c1-29-11-4-3-10(22(27)28)14(30-2)12(11)15(23)20-16(24)19-13-8(17)5-7(21(25)26)6-9(13)18/h3-6H,1-2H3,(H2,19,20,23,24). The van der Waals surface area contributed by atoms with Crippen molar-refractivity contribution in [1.29, 1.82) is 0 Å². The maximum atomic E-state index is 12.6. The largest absolute Gasteiger partial charge is 0.496 e. The monoisotopic (exact) mass is 458 g/mol.